The number of nitrogens with zero attached hydrogens (tertiary/aromatic N) is 3. The Balaban J connectivity index is 1.70. The molecule has 0 fully saturated rings. The molecule has 0 amide bonds. The molecule has 0 saturated carbocycles. The minimum atomic E-state index is 0.646. The summed E-state index contributed by atoms with van der Waals surface area (Å²) in [6, 6.07) is 3.88. The van der Waals surface area contributed by atoms with Crippen molar-refractivity contribution in [1.82, 2.24) is 19.9 Å². The molecule has 17 heavy (non-hydrogen) atoms. The van der Waals surface area contributed by atoms with Crippen LogP contribution in [0.25, 0.3) is 0 Å². The van der Waals surface area contributed by atoms with Gasteiger partial charge >= 0.3 is 0 Å². The highest BCUT2D eigenvalue weighted by molar-refractivity contribution is 5.17. The van der Waals surface area contributed by atoms with Gasteiger partial charge in [0.2, 0.25) is 5.88 Å². The minimum absolute atomic E-state index is 0.646. The molecule has 2 aromatic rings. The van der Waals surface area contributed by atoms with Gasteiger partial charge in [-0.2, -0.15) is 0 Å². The molecule has 0 aliphatic heterocycles. The number of rotatable bonds is 6. The Morgan fingerprint density at radius 2 is 2.35 bits per heavy atom. The number of hydrogen-bond acceptors (Lipinski definition) is 4. The molecular formula is C12H16N4O. The molecular weight excluding hydrogens is 216 g/mol. The van der Waals surface area contributed by atoms with Gasteiger partial charge in [0.1, 0.15) is 0 Å². The quantitative estimate of drug-likeness (QED) is 0.757. The van der Waals surface area contributed by atoms with Crippen molar-refractivity contribution in [2.75, 3.05) is 13.7 Å². The van der Waals surface area contributed by atoms with Gasteiger partial charge < -0.3 is 14.6 Å². The minimum Gasteiger partial charge on any atom is -0.481 e. The predicted molar refractivity (Wildman–Crippen MR) is 64.7 cm³/mol. The topological polar surface area (TPSA) is 52.0 Å². The summed E-state index contributed by atoms with van der Waals surface area (Å²) in [6.07, 6.45) is 7.38. The van der Waals surface area contributed by atoms with Crippen LogP contribution < -0.4 is 10.1 Å². The SMILES string of the molecule is COc1ccc(CNCCn2ccnc2)cn1. The molecule has 2 heterocycles. The Morgan fingerprint density at radius 3 is 3.00 bits per heavy atom. The van der Waals surface area contributed by atoms with E-state index in [0.717, 1.165) is 25.2 Å². The number of methoxy groups -OCH3 is 1. The Hall–Kier alpha value is -1.88. The van der Waals surface area contributed by atoms with E-state index in [1.807, 2.05) is 35.4 Å². The molecule has 0 aromatic carbocycles. The summed E-state index contributed by atoms with van der Waals surface area (Å²) in [5.74, 6) is 0.646. The fourth-order valence-electron chi connectivity index (χ4n) is 1.50. The van der Waals surface area contributed by atoms with Crippen LogP contribution in [0.3, 0.4) is 0 Å². The average Bonchev–Trinajstić information content (AvgIpc) is 2.88. The summed E-state index contributed by atoms with van der Waals surface area (Å²) < 4.78 is 7.04. The molecule has 90 valence electrons. The molecule has 2 rings (SSSR count). The predicted octanol–water partition coefficient (Wildman–Crippen LogP) is 1.08. The third kappa shape index (κ3) is 3.57. The standard InChI is InChI=1S/C12H16N4O/c1-17-12-3-2-11(9-15-12)8-13-4-6-16-7-5-14-10-16/h2-3,5,7,9-10,13H,4,6,8H2,1H3. The highest BCUT2D eigenvalue weighted by Crippen LogP contribution is 2.05. The number of hydrogen-bond donors (Lipinski definition) is 1. The summed E-state index contributed by atoms with van der Waals surface area (Å²) in [4.78, 5) is 8.14. The Bertz CT molecular complexity index is 424. The highest BCUT2D eigenvalue weighted by atomic mass is 16.5. The zero-order chi connectivity index (χ0) is 11.9. The fourth-order valence-corrected chi connectivity index (χ4v) is 1.50. The second-order valence-electron chi connectivity index (χ2n) is 3.69. The maximum Gasteiger partial charge on any atom is 0.212 e. The maximum atomic E-state index is 5.00. The zero-order valence-electron chi connectivity index (χ0n) is 9.84. The van der Waals surface area contributed by atoms with Crippen LogP contribution in [0.4, 0.5) is 0 Å². The maximum absolute atomic E-state index is 5.00. The third-order valence-electron chi connectivity index (χ3n) is 2.44. The van der Waals surface area contributed by atoms with E-state index in [1.165, 1.54) is 0 Å². The molecule has 2 aromatic heterocycles. The first-order valence-corrected chi connectivity index (χ1v) is 5.54. The molecule has 0 saturated heterocycles. The van der Waals surface area contributed by atoms with E-state index in [-0.39, 0.29) is 0 Å². The summed E-state index contributed by atoms with van der Waals surface area (Å²) in [7, 11) is 1.62. The van der Waals surface area contributed by atoms with Crippen molar-refractivity contribution in [3.63, 3.8) is 0 Å². The summed E-state index contributed by atoms with van der Waals surface area (Å²) in [6.45, 7) is 2.64. The fraction of sp³-hybridized carbons (Fsp3) is 0.333. The molecule has 0 bridgehead atoms. The van der Waals surface area contributed by atoms with Gasteiger partial charge in [0, 0.05) is 44.3 Å². The lowest BCUT2D eigenvalue weighted by Gasteiger charge is -2.05. The van der Waals surface area contributed by atoms with Crippen molar-refractivity contribution in [1.29, 1.82) is 0 Å². The van der Waals surface area contributed by atoms with Crippen molar-refractivity contribution < 1.29 is 4.74 Å². The first kappa shape index (κ1) is 11.6. The molecule has 0 spiro atoms. The first-order chi connectivity index (χ1) is 8.38. The lowest BCUT2D eigenvalue weighted by Crippen LogP contribution is -2.19. The number of imidazole rings is 1. The van der Waals surface area contributed by atoms with Crippen LogP contribution in [0.5, 0.6) is 5.88 Å². The van der Waals surface area contributed by atoms with Crippen molar-refractivity contribution in [3.05, 3.63) is 42.6 Å². The largest absolute Gasteiger partial charge is 0.481 e. The lowest BCUT2D eigenvalue weighted by molar-refractivity contribution is 0.397. The van der Waals surface area contributed by atoms with E-state index in [1.54, 1.807) is 13.3 Å². The van der Waals surface area contributed by atoms with Crippen molar-refractivity contribution >= 4 is 0 Å². The van der Waals surface area contributed by atoms with E-state index in [9.17, 15) is 0 Å². The summed E-state index contributed by atoms with van der Waals surface area (Å²) in [5.41, 5.74) is 1.15. The van der Waals surface area contributed by atoms with Crippen LogP contribution in [0.1, 0.15) is 5.56 Å². The molecule has 5 heteroatoms. The van der Waals surface area contributed by atoms with Gasteiger partial charge in [0.05, 0.1) is 13.4 Å². The molecule has 0 radical (unpaired) electrons. The lowest BCUT2D eigenvalue weighted by atomic mass is 10.3. The van der Waals surface area contributed by atoms with Gasteiger partial charge in [0.15, 0.2) is 0 Å². The van der Waals surface area contributed by atoms with Crippen molar-refractivity contribution in [3.8, 4) is 5.88 Å². The van der Waals surface area contributed by atoms with Gasteiger partial charge in [-0.05, 0) is 5.56 Å². The first-order valence-electron chi connectivity index (χ1n) is 5.54. The van der Waals surface area contributed by atoms with E-state index < -0.39 is 0 Å². The molecule has 0 atom stereocenters. The molecule has 0 aliphatic carbocycles. The molecule has 0 unspecified atom stereocenters. The number of aromatic nitrogens is 3. The van der Waals surface area contributed by atoms with Crippen molar-refractivity contribution in [2.24, 2.45) is 0 Å². The number of ether oxygens (including phenoxy) is 1. The normalized spacial score (nSPS) is 10.4. The van der Waals surface area contributed by atoms with E-state index >= 15 is 0 Å². The highest BCUT2D eigenvalue weighted by Gasteiger charge is 1.95. The van der Waals surface area contributed by atoms with Crippen LogP contribution in [0.2, 0.25) is 0 Å². The zero-order valence-corrected chi connectivity index (χ0v) is 9.84. The average molecular weight is 232 g/mol. The van der Waals surface area contributed by atoms with Crippen LogP contribution >= 0.6 is 0 Å². The second-order valence-corrected chi connectivity index (χ2v) is 3.69. The van der Waals surface area contributed by atoms with Gasteiger partial charge in [-0.15, -0.1) is 0 Å². The Kier molecular flexibility index (Phi) is 4.10. The monoisotopic (exact) mass is 232 g/mol. The van der Waals surface area contributed by atoms with Gasteiger partial charge in [-0.25, -0.2) is 9.97 Å². The summed E-state index contributed by atoms with van der Waals surface area (Å²) in [5, 5.41) is 3.35. The summed E-state index contributed by atoms with van der Waals surface area (Å²) >= 11 is 0. The van der Waals surface area contributed by atoms with Crippen LogP contribution in [0, 0.1) is 0 Å². The van der Waals surface area contributed by atoms with Crippen LogP contribution in [-0.4, -0.2) is 28.2 Å². The smallest absolute Gasteiger partial charge is 0.212 e. The molecule has 5 nitrogen and oxygen atoms in total. The van der Waals surface area contributed by atoms with E-state index in [4.69, 9.17) is 4.74 Å². The van der Waals surface area contributed by atoms with Gasteiger partial charge in [0.25, 0.3) is 0 Å². The van der Waals surface area contributed by atoms with E-state index in [0.29, 0.717) is 5.88 Å². The number of nitrogens with one attached hydrogen (secondary N) is 1. The van der Waals surface area contributed by atoms with Crippen molar-refractivity contribution in [2.45, 2.75) is 13.1 Å². The third-order valence-corrected chi connectivity index (χ3v) is 2.44. The molecule has 1 N–H and O–H groups in total. The van der Waals surface area contributed by atoms with Crippen LogP contribution in [-0.2, 0) is 13.1 Å². The molecule has 0 aliphatic rings. The Morgan fingerprint density at radius 1 is 1.41 bits per heavy atom. The van der Waals surface area contributed by atoms with Gasteiger partial charge in [-0.1, -0.05) is 6.07 Å². The van der Waals surface area contributed by atoms with E-state index in [2.05, 4.69) is 15.3 Å². The van der Waals surface area contributed by atoms with Gasteiger partial charge in [-0.3, -0.25) is 0 Å². The number of pyridine rings is 1. The second kappa shape index (κ2) is 6.00. The Labute approximate surface area is 100 Å². The van der Waals surface area contributed by atoms with Crippen LogP contribution in [0.15, 0.2) is 37.1 Å².